The molecule has 1 aliphatic heterocycles. The van der Waals surface area contributed by atoms with E-state index in [4.69, 9.17) is 28.2 Å². The Kier molecular flexibility index (Phi) is 8.14. The van der Waals surface area contributed by atoms with Gasteiger partial charge in [-0.2, -0.15) is 4.98 Å². The Bertz CT molecular complexity index is 1520. The number of hydrogen-bond acceptors (Lipinski definition) is 6. The van der Waals surface area contributed by atoms with Crippen molar-refractivity contribution >= 4 is 45.0 Å². The number of nitrogens with one attached hydrogen (secondary N) is 2. The van der Waals surface area contributed by atoms with Crippen LogP contribution >= 0.6 is 23.2 Å². The summed E-state index contributed by atoms with van der Waals surface area (Å²) in [6.07, 6.45) is 1.45. The molecular weight excluding hydrogens is 541 g/mol. The molecule has 0 fully saturated rings. The zero-order chi connectivity index (χ0) is 26.5. The number of benzene rings is 3. The summed E-state index contributed by atoms with van der Waals surface area (Å²) in [5.74, 6) is 0.622. The first-order chi connectivity index (χ1) is 18.4. The van der Waals surface area contributed by atoms with Gasteiger partial charge in [0, 0.05) is 38.2 Å². The highest BCUT2D eigenvalue weighted by Crippen LogP contribution is 2.32. The summed E-state index contributed by atoms with van der Waals surface area (Å²) in [7, 11) is -4.06. The Hall–Kier alpha value is -3.17. The Morgan fingerprint density at radius 3 is 2.32 bits per heavy atom. The molecule has 0 spiro atoms. The van der Waals surface area contributed by atoms with Gasteiger partial charge >= 0.3 is 0 Å². The molecule has 7 nitrogen and oxygen atoms in total. The summed E-state index contributed by atoms with van der Waals surface area (Å²) in [5, 5.41) is 3.40. The summed E-state index contributed by atoms with van der Waals surface area (Å²) in [6.45, 7) is 2.66. The van der Waals surface area contributed by atoms with Crippen LogP contribution in [0.25, 0.3) is 0 Å². The van der Waals surface area contributed by atoms with Gasteiger partial charge in [0.15, 0.2) is 0 Å². The second-order valence-electron chi connectivity index (χ2n) is 9.09. The maximum Gasteiger partial charge on any atom is 0.264 e. The van der Waals surface area contributed by atoms with Gasteiger partial charge in [0.05, 0.1) is 15.7 Å². The third-order valence-corrected chi connectivity index (χ3v) is 8.68. The predicted octanol–water partition coefficient (Wildman–Crippen LogP) is 5.80. The lowest BCUT2D eigenvalue weighted by Gasteiger charge is -2.29. The number of nitrogens with zero attached hydrogens (tertiary/aromatic N) is 3. The van der Waals surface area contributed by atoms with Gasteiger partial charge < -0.3 is 5.32 Å². The highest BCUT2D eigenvalue weighted by molar-refractivity contribution is 7.92. The first kappa shape index (κ1) is 26.4. The molecule has 4 aromatic rings. The average molecular weight is 569 g/mol. The lowest BCUT2D eigenvalue weighted by Crippen LogP contribution is -2.32. The molecule has 2 heterocycles. The molecule has 3 aromatic carbocycles. The van der Waals surface area contributed by atoms with E-state index in [1.165, 1.54) is 17.2 Å². The van der Waals surface area contributed by atoms with Crippen molar-refractivity contribution in [3.8, 4) is 0 Å². The highest BCUT2D eigenvalue weighted by Gasteiger charge is 2.27. The number of fused-ring (bicyclic) bond motifs is 1. The molecule has 0 amide bonds. The monoisotopic (exact) mass is 567 g/mol. The lowest BCUT2D eigenvalue weighted by atomic mass is 10.1. The first-order valence-corrected chi connectivity index (χ1v) is 14.5. The van der Waals surface area contributed by atoms with Crippen LogP contribution in [-0.2, 0) is 36.0 Å². The molecule has 5 rings (SSSR count). The van der Waals surface area contributed by atoms with Crippen LogP contribution in [0, 0.1) is 0 Å². The quantitative estimate of drug-likeness (QED) is 0.266. The van der Waals surface area contributed by atoms with Gasteiger partial charge in [0.2, 0.25) is 5.95 Å². The van der Waals surface area contributed by atoms with E-state index in [1.54, 1.807) is 12.1 Å². The van der Waals surface area contributed by atoms with E-state index in [9.17, 15) is 8.42 Å². The van der Waals surface area contributed by atoms with Crippen LogP contribution in [0.2, 0.25) is 10.0 Å². The second-order valence-corrected chi connectivity index (χ2v) is 11.5. The molecule has 1 aromatic heterocycles. The SMILES string of the molecule is O=S(=O)(Nc1nc(NCCc2ccccc2)nc2c1CN(Cc1ccccc1)CC2)c1cccc(Cl)c1Cl. The molecule has 0 unspecified atom stereocenters. The molecule has 0 radical (unpaired) electrons. The van der Waals surface area contributed by atoms with Gasteiger partial charge in [0.25, 0.3) is 10.0 Å². The standard InChI is InChI=1S/C28H27Cl2N5O2S/c29-23-12-7-13-25(26(23)30)38(36,37)34-27-22-19-35(18-21-10-5-2-6-11-21)17-15-24(22)32-28(33-27)31-16-14-20-8-3-1-4-9-20/h1-13H,14-19H2,(H2,31,32,33,34). The van der Waals surface area contributed by atoms with Crippen LogP contribution in [-0.4, -0.2) is 36.4 Å². The van der Waals surface area contributed by atoms with Crippen molar-refractivity contribution in [2.75, 3.05) is 23.1 Å². The molecule has 10 heteroatoms. The minimum Gasteiger partial charge on any atom is -0.354 e. The van der Waals surface area contributed by atoms with E-state index in [0.29, 0.717) is 25.5 Å². The highest BCUT2D eigenvalue weighted by atomic mass is 35.5. The Morgan fingerprint density at radius 1 is 0.868 bits per heavy atom. The molecule has 0 saturated carbocycles. The molecule has 0 saturated heterocycles. The zero-order valence-corrected chi connectivity index (χ0v) is 22.9. The number of rotatable bonds is 9. The van der Waals surface area contributed by atoms with Crippen LogP contribution < -0.4 is 10.0 Å². The maximum absolute atomic E-state index is 13.4. The van der Waals surface area contributed by atoms with Gasteiger partial charge in [-0.1, -0.05) is 89.9 Å². The minimum absolute atomic E-state index is 0.0310. The summed E-state index contributed by atoms with van der Waals surface area (Å²) < 4.78 is 29.5. The number of hydrogen-bond donors (Lipinski definition) is 2. The first-order valence-electron chi connectivity index (χ1n) is 12.3. The number of aromatic nitrogens is 2. The van der Waals surface area contributed by atoms with Crippen LogP contribution in [0.15, 0.2) is 83.8 Å². The van der Waals surface area contributed by atoms with Crippen molar-refractivity contribution in [1.82, 2.24) is 14.9 Å². The largest absolute Gasteiger partial charge is 0.354 e. The van der Waals surface area contributed by atoms with Crippen molar-refractivity contribution in [2.24, 2.45) is 0 Å². The fourth-order valence-corrected chi connectivity index (χ4v) is 6.25. The van der Waals surface area contributed by atoms with Crippen molar-refractivity contribution in [3.05, 3.63) is 111 Å². The topological polar surface area (TPSA) is 87.2 Å². The van der Waals surface area contributed by atoms with Gasteiger partial charge in [-0.3, -0.25) is 9.62 Å². The van der Waals surface area contributed by atoms with Crippen molar-refractivity contribution in [1.29, 1.82) is 0 Å². The Morgan fingerprint density at radius 2 is 1.58 bits per heavy atom. The van der Waals surface area contributed by atoms with E-state index < -0.39 is 10.0 Å². The Balaban J connectivity index is 1.43. The lowest BCUT2D eigenvalue weighted by molar-refractivity contribution is 0.243. The van der Waals surface area contributed by atoms with Crippen LogP contribution in [0.4, 0.5) is 11.8 Å². The van der Waals surface area contributed by atoms with E-state index in [0.717, 1.165) is 30.8 Å². The molecule has 1 aliphatic rings. The van der Waals surface area contributed by atoms with Gasteiger partial charge in [0.1, 0.15) is 10.7 Å². The fraction of sp³-hybridized carbons (Fsp3) is 0.214. The summed E-state index contributed by atoms with van der Waals surface area (Å²) in [5.41, 5.74) is 3.94. The van der Waals surface area contributed by atoms with E-state index >= 15 is 0 Å². The third kappa shape index (κ3) is 6.27. The van der Waals surface area contributed by atoms with Crippen molar-refractivity contribution in [3.63, 3.8) is 0 Å². The molecule has 0 atom stereocenters. The third-order valence-electron chi connectivity index (χ3n) is 6.36. The fourth-order valence-electron chi connectivity index (χ4n) is 4.45. The second kappa shape index (κ2) is 11.7. The number of sulfonamides is 1. The average Bonchev–Trinajstić information content (AvgIpc) is 2.91. The summed E-state index contributed by atoms with van der Waals surface area (Å²) >= 11 is 12.4. The molecule has 196 valence electrons. The molecule has 0 bridgehead atoms. The van der Waals surface area contributed by atoms with Crippen LogP contribution in [0.3, 0.4) is 0 Å². The summed E-state index contributed by atoms with van der Waals surface area (Å²) in [6, 6.07) is 24.8. The van der Waals surface area contributed by atoms with E-state index in [1.807, 2.05) is 36.4 Å². The van der Waals surface area contributed by atoms with Gasteiger partial charge in [-0.15, -0.1) is 0 Å². The van der Waals surface area contributed by atoms with Crippen LogP contribution in [0.5, 0.6) is 0 Å². The maximum atomic E-state index is 13.4. The van der Waals surface area contributed by atoms with E-state index in [-0.39, 0.29) is 20.8 Å². The number of anilines is 2. The Labute approximate surface area is 232 Å². The van der Waals surface area contributed by atoms with Crippen LogP contribution in [0.1, 0.15) is 22.4 Å². The predicted molar refractivity (Wildman–Crippen MR) is 152 cm³/mol. The van der Waals surface area contributed by atoms with Crippen molar-refractivity contribution in [2.45, 2.75) is 30.8 Å². The molecule has 2 N–H and O–H groups in total. The molecule has 38 heavy (non-hydrogen) atoms. The zero-order valence-electron chi connectivity index (χ0n) is 20.6. The minimum atomic E-state index is -4.06. The van der Waals surface area contributed by atoms with E-state index in [2.05, 4.69) is 44.2 Å². The smallest absolute Gasteiger partial charge is 0.264 e. The normalized spacial score (nSPS) is 13.6. The molecule has 0 aliphatic carbocycles. The number of halogens is 2. The van der Waals surface area contributed by atoms with Gasteiger partial charge in [-0.05, 0) is 29.7 Å². The summed E-state index contributed by atoms with van der Waals surface area (Å²) in [4.78, 5) is 11.5. The van der Waals surface area contributed by atoms with Gasteiger partial charge in [-0.25, -0.2) is 13.4 Å². The van der Waals surface area contributed by atoms with Crippen molar-refractivity contribution < 1.29 is 8.42 Å². The molecular formula is C28H27Cl2N5O2S.